The third kappa shape index (κ3) is 5.54. The van der Waals surface area contributed by atoms with Crippen molar-refractivity contribution in [2.75, 3.05) is 60.7 Å². The molecule has 0 spiro atoms. The van der Waals surface area contributed by atoms with Gasteiger partial charge in [0.25, 0.3) is 0 Å². The summed E-state index contributed by atoms with van der Waals surface area (Å²) in [7, 11) is 5.15. The highest BCUT2D eigenvalue weighted by atomic mass is 16.5. The Hall–Kier alpha value is -1.99. The van der Waals surface area contributed by atoms with Crippen LogP contribution in [0.1, 0.15) is 31.2 Å². The fourth-order valence-electron chi connectivity index (χ4n) is 4.38. The molecule has 29 heavy (non-hydrogen) atoms. The summed E-state index contributed by atoms with van der Waals surface area (Å²) in [4.78, 5) is 7.09. The molecule has 1 aromatic carbocycles. The number of hydrogen-bond acceptors (Lipinski definition) is 5. The van der Waals surface area contributed by atoms with Crippen LogP contribution in [0.25, 0.3) is 0 Å². The molecule has 2 fully saturated rings. The molecule has 0 saturated carbocycles. The SMILES string of the molecule is CN=C(NCCc1ccc(OC)c(OC)c1)NCC1(N2CCCC2)CCOCC1. The van der Waals surface area contributed by atoms with Gasteiger partial charge in [-0.1, -0.05) is 6.07 Å². The van der Waals surface area contributed by atoms with Crippen LogP contribution >= 0.6 is 0 Å². The van der Waals surface area contributed by atoms with E-state index in [1.54, 1.807) is 14.2 Å². The molecule has 0 aliphatic carbocycles. The number of methoxy groups -OCH3 is 2. The third-order valence-electron chi connectivity index (χ3n) is 6.16. The monoisotopic (exact) mass is 404 g/mol. The van der Waals surface area contributed by atoms with Crippen LogP contribution < -0.4 is 20.1 Å². The Morgan fingerprint density at radius 2 is 1.83 bits per heavy atom. The van der Waals surface area contributed by atoms with Gasteiger partial charge in [-0.25, -0.2) is 0 Å². The first-order valence-corrected chi connectivity index (χ1v) is 10.7. The Balaban J connectivity index is 1.51. The molecule has 7 nitrogen and oxygen atoms in total. The van der Waals surface area contributed by atoms with E-state index in [9.17, 15) is 0 Å². The van der Waals surface area contributed by atoms with Crippen LogP contribution in [0.4, 0.5) is 0 Å². The van der Waals surface area contributed by atoms with Gasteiger partial charge < -0.3 is 24.8 Å². The third-order valence-corrected chi connectivity index (χ3v) is 6.16. The molecule has 0 atom stereocenters. The molecular weight excluding hydrogens is 368 g/mol. The minimum atomic E-state index is 0.190. The van der Waals surface area contributed by atoms with E-state index in [2.05, 4.69) is 26.6 Å². The summed E-state index contributed by atoms with van der Waals surface area (Å²) < 4.78 is 16.4. The average molecular weight is 405 g/mol. The van der Waals surface area contributed by atoms with Crippen molar-refractivity contribution in [3.05, 3.63) is 23.8 Å². The first-order valence-electron chi connectivity index (χ1n) is 10.7. The number of guanidine groups is 1. The molecule has 2 aliphatic heterocycles. The summed E-state index contributed by atoms with van der Waals surface area (Å²) in [6.45, 7) is 5.81. The first-order chi connectivity index (χ1) is 14.2. The van der Waals surface area contributed by atoms with Crippen molar-refractivity contribution in [1.29, 1.82) is 0 Å². The van der Waals surface area contributed by atoms with Gasteiger partial charge in [-0.15, -0.1) is 0 Å². The summed E-state index contributed by atoms with van der Waals surface area (Å²) in [5.41, 5.74) is 1.39. The number of aliphatic imine (C=N–C) groups is 1. The summed E-state index contributed by atoms with van der Waals surface area (Å²) >= 11 is 0. The van der Waals surface area contributed by atoms with Crippen molar-refractivity contribution >= 4 is 5.96 Å². The lowest BCUT2D eigenvalue weighted by molar-refractivity contribution is -0.0164. The van der Waals surface area contributed by atoms with Crippen molar-refractivity contribution in [3.8, 4) is 11.5 Å². The lowest BCUT2D eigenvalue weighted by Crippen LogP contribution is -2.58. The number of benzene rings is 1. The second-order valence-corrected chi connectivity index (χ2v) is 7.82. The highest BCUT2D eigenvalue weighted by molar-refractivity contribution is 5.79. The second kappa shape index (κ2) is 10.7. The van der Waals surface area contributed by atoms with Crippen LogP contribution in [0.5, 0.6) is 11.5 Å². The fourth-order valence-corrected chi connectivity index (χ4v) is 4.38. The van der Waals surface area contributed by atoms with Gasteiger partial charge in [0.1, 0.15) is 0 Å². The number of ether oxygens (including phenoxy) is 3. The molecule has 0 radical (unpaired) electrons. The second-order valence-electron chi connectivity index (χ2n) is 7.82. The zero-order valence-corrected chi connectivity index (χ0v) is 18.1. The lowest BCUT2D eigenvalue weighted by atomic mass is 9.88. The van der Waals surface area contributed by atoms with Crippen molar-refractivity contribution < 1.29 is 14.2 Å². The molecule has 2 aliphatic rings. The van der Waals surface area contributed by atoms with Gasteiger partial charge in [-0.05, 0) is 62.9 Å². The molecule has 3 rings (SSSR count). The molecule has 0 bridgehead atoms. The Labute approximate surface area is 174 Å². The van der Waals surface area contributed by atoms with Crippen molar-refractivity contribution in [2.24, 2.45) is 4.99 Å². The Kier molecular flexibility index (Phi) is 8.00. The minimum absolute atomic E-state index is 0.190. The predicted molar refractivity (Wildman–Crippen MR) is 116 cm³/mol. The smallest absolute Gasteiger partial charge is 0.191 e. The predicted octanol–water partition coefficient (Wildman–Crippen LogP) is 2.06. The molecule has 0 unspecified atom stereocenters. The topological polar surface area (TPSA) is 67.4 Å². The lowest BCUT2D eigenvalue weighted by Gasteiger charge is -2.45. The number of rotatable bonds is 8. The maximum atomic E-state index is 5.65. The normalized spacial score (nSPS) is 19.8. The number of hydrogen-bond donors (Lipinski definition) is 2. The van der Waals surface area contributed by atoms with Gasteiger partial charge in [0.2, 0.25) is 0 Å². The van der Waals surface area contributed by atoms with Crippen LogP contribution in [-0.2, 0) is 11.2 Å². The van der Waals surface area contributed by atoms with E-state index in [1.165, 1.54) is 31.5 Å². The van der Waals surface area contributed by atoms with Gasteiger partial charge in [-0.2, -0.15) is 0 Å². The Morgan fingerprint density at radius 3 is 2.48 bits per heavy atom. The first kappa shape index (κ1) is 21.7. The molecule has 162 valence electrons. The van der Waals surface area contributed by atoms with Gasteiger partial charge in [0.15, 0.2) is 17.5 Å². The van der Waals surface area contributed by atoms with Gasteiger partial charge in [0, 0.05) is 38.9 Å². The van der Waals surface area contributed by atoms with Crippen LogP contribution in [0.3, 0.4) is 0 Å². The number of likely N-dealkylation sites (tertiary alicyclic amines) is 1. The molecule has 2 heterocycles. The molecule has 7 heteroatoms. The van der Waals surface area contributed by atoms with E-state index in [-0.39, 0.29) is 5.54 Å². The largest absolute Gasteiger partial charge is 0.493 e. The Morgan fingerprint density at radius 1 is 1.10 bits per heavy atom. The Bertz CT molecular complexity index is 668. The molecular formula is C22H36N4O3. The molecule has 0 amide bonds. The van der Waals surface area contributed by atoms with E-state index in [1.807, 2.05) is 19.2 Å². The van der Waals surface area contributed by atoms with Crippen molar-refractivity contribution in [2.45, 2.75) is 37.6 Å². The van der Waals surface area contributed by atoms with E-state index < -0.39 is 0 Å². The van der Waals surface area contributed by atoms with Crippen LogP contribution in [0.2, 0.25) is 0 Å². The van der Waals surface area contributed by atoms with Crippen LogP contribution in [0.15, 0.2) is 23.2 Å². The average Bonchev–Trinajstić information content (AvgIpc) is 3.32. The maximum Gasteiger partial charge on any atom is 0.191 e. The molecule has 1 aromatic rings. The number of nitrogens with zero attached hydrogens (tertiary/aromatic N) is 2. The maximum absolute atomic E-state index is 5.65. The standard InChI is InChI=1S/C22H36N4O3/c1-23-21(24-11-8-18-6-7-19(27-2)20(16-18)28-3)25-17-22(9-14-29-15-10-22)26-12-4-5-13-26/h6-7,16H,4-5,8-15,17H2,1-3H3,(H2,23,24,25). The molecule has 2 saturated heterocycles. The summed E-state index contributed by atoms with van der Waals surface area (Å²) in [5, 5.41) is 7.03. The fraction of sp³-hybridized carbons (Fsp3) is 0.682. The zero-order chi connectivity index (χ0) is 20.5. The van der Waals surface area contributed by atoms with Crippen molar-refractivity contribution in [3.63, 3.8) is 0 Å². The van der Waals surface area contributed by atoms with E-state index in [0.717, 1.165) is 63.0 Å². The van der Waals surface area contributed by atoms with Gasteiger partial charge >= 0.3 is 0 Å². The zero-order valence-electron chi connectivity index (χ0n) is 18.1. The quantitative estimate of drug-likeness (QED) is 0.511. The van der Waals surface area contributed by atoms with E-state index in [4.69, 9.17) is 14.2 Å². The van der Waals surface area contributed by atoms with Crippen LogP contribution in [0, 0.1) is 0 Å². The summed E-state index contributed by atoms with van der Waals surface area (Å²) in [5.74, 6) is 2.38. The van der Waals surface area contributed by atoms with Gasteiger partial charge in [0.05, 0.1) is 14.2 Å². The highest BCUT2D eigenvalue weighted by Gasteiger charge is 2.39. The molecule has 0 aromatic heterocycles. The highest BCUT2D eigenvalue weighted by Crippen LogP contribution is 2.31. The molecule has 2 N–H and O–H groups in total. The van der Waals surface area contributed by atoms with Crippen molar-refractivity contribution in [1.82, 2.24) is 15.5 Å². The van der Waals surface area contributed by atoms with E-state index in [0.29, 0.717) is 0 Å². The summed E-state index contributed by atoms with van der Waals surface area (Å²) in [6, 6.07) is 6.05. The summed E-state index contributed by atoms with van der Waals surface area (Å²) in [6.07, 6.45) is 5.67. The van der Waals surface area contributed by atoms with Gasteiger partial charge in [-0.3, -0.25) is 9.89 Å². The number of nitrogens with one attached hydrogen (secondary N) is 2. The minimum Gasteiger partial charge on any atom is -0.493 e. The van der Waals surface area contributed by atoms with Crippen LogP contribution in [-0.4, -0.2) is 77.1 Å². The van der Waals surface area contributed by atoms with E-state index >= 15 is 0 Å².